The predicted octanol–water partition coefficient (Wildman–Crippen LogP) is 22.3. The lowest BCUT2D eigenvalue weighted by atomic mass is 10.0. The Balaban J connectivity index is 3.44. The molecule has 0 aliphatic heterocycles. The Bertz CT molecular complexity index is 1310. The Morgan fingerprint density at radius 3 is 0.946 bits per heavy atom. The van der Waals surface area contributed by atoms with E-state index in [4.69, 9.17) is 0 Å². The molecule has 0 bridgehead atoms. The number of aliphatic hydroxyl groups is 2. The van der Waals surface area contributed by atoms with Crippen LogP contribution < -0.4 is 5.32 Å². The molecule has 0 radical (unpaired) electrons. The molecule has 4 heteroatoms. The number of carbonyl (C=O) groups excluding carboxylic acids is 1. The highest BCUT2D eigenvalue weighted by atomic mass is 16.3. The molecule has 2 atom stereocenters. The van der Waals surface area contributed by atoms with Crippen molar-refractivity contribution < 1.29 is 15.0 Å². The van der Waals surface area contributed by atoms with Gasteiger partial charge in [0.15, 0.2) is 0 Å². The van der Waals surface area contributed by atoms with Gasteiger partial charge in [-0.15, -0.1) is 0 Å². The number of nitrogens with one attached hydrogen (secondary N) is 1. The van der Waals surface area contributed by atoms with Crippen molar-refractivity contribution in [2.45, 2.75) is 347 Å². The van der Waals surface area contributed by atoms with Gasteiger partial charge in [-0.1, -0.05) is 336 Å². The molecule has 0 aliphatic carbocycles. The largest absolute Gasteiger partial charge is 0.394 e. The number of unbranched alkanes of at least 4 members (excludes halogenated alkanes) is 41. The average molecular weight is 1030 g/mol. The lowest BCUT2D eigenvalue weighted by Gasteiger charge is -2.19. The van der Waals surface area contributed by atoms with Crippen LogP contribution in [0, 0.1) is 0 Å². The van der Waals surface area contributed by atoms with Crippen molar-refractivity contribution in [3.05, 3.63) is 85.1 Å². The van der Waals surface area contributed by atoms with Gasteiger partial charge in [0.25, 0.3) is 0 Å². The van der Waals surface area contributed by atoms with Crippen LogP contribution in [0.1, 0.15) is 335 Å². The Morgan fingerprint density at radius 1 is 0.338 bits per heavy atom. The molecule has 1 amide bonds. The summed E-state index contributed by atoms with van der Waals surface area (Å²) in [6.45, 7) is 4.21. The summed E-state index contributed by atoms with van der Waals surface area (Å²) in [6, 6.07) is -0.641. The topological polar surface area (TPSA) is 69.6 Å². The molecule has 430 valence electrons. The smallest absolute Gasteiger partial charge is 0.220 e. The summed E-state index contributed by atoms with van der Waals surface area (Å²) in [4.78, 5) is 12.5. The highest BCUT2D eigenvalue weighted by Crippen LogP contribution is 2.18. The lowest BCUT2D eigenvalue weighted by molar-refractivity contribution is -0.123. The predicted molar refractivity (Wildman–Crippen MR) is 331 cm³/mol. The number of rotatable bonds is 60. The van der Waals surface area contributed by atoms with Crippen LogP contribution in [0.3, 0.4) is 0 Å². The van der Waals surface area contributed by atoms with Gasteiger partial charge >= 0.3 is 0 Å². The summed E-state index contributed by atoms with van der Waals surface area (Å²) in [5.74, 6) is -0.0690. The molecule has 3 N–H and O–H groups in total. The SMILES string of the molecule is CC/C=C\C/C=C\C/C=C\C/C=C\C/C=C\CCCCCCCCCCCCCCCCCCCCCCCCCCCC(=O)NC(CO)C(O)/C=C/CC/C=C/CCCCCCCCCCCCCCCCC. The van der Waals surface area contributed by atoms with E-state index < -0.39 is 12.1 Å². The van der Waals surface area contributed by atoms with E-state index >= 15 is 0 Å². The van der Waals surface area contributed by atoms with E-state index in [1.54, 1.807) is 6.08 Å². The molecule has 4 nitrogen and oxygen atoms in total. The van der Waals surface area contributed by atoms with Crippen molar-refractivity contribution in [3.63, 3.8) is 0 Å². The Labute approximate surface area is 462 Å². The van der Waals surface area contributed by atoms with E-state index in [2.05, 4.69) is 92.1 Å². The van der Waals surface area contributed by atoms with E-state index in [1.165, 1.54) is 250 Å². The third-order valence-corrected chi connectivity index (χ3v) is 14.9. The summed E-state index contributed by atoms with van der Waals surface area (Å²) >= 11 is 0. The maximum absolute atomic E-state index is 12.5. The van der Waals surface area contributed by atoms with E-state index in [-0.39, 0.29) is 12.5 Å². The van der Waals surface area contributed by atoms with Gasteiger partial charge in [0.1, 0.15) is 0 Å². The number of allylic oxidation sites excluding steroid dienone is 13. The van der Waals surface area contributed by atoms with Crippen LogP contribution in [0.5, 0.6) is 0 Å². The molecule has 0 aromatic heterocycles. The van der Waals surface area contributed by atoms with Crippen molar-refractivity contribution in [1.29, 1.82) is 0 Å². The van der Waals surface area contributed by atoms with Crippen molar-refractivity contribution >= 4 is 5.91 Å². The zero-order valence-corrected chi connectivity index (χ0v) is 49.6. The lowest BCUT2D eigenvalue weighted by Crippen LogP contribution is -2.45. The van der Waals surface area contributed by atoms with Gasteiger partial charge in [-0.3, -0.25) is 4.79 Å². The number of carbonyl (C=O) groups is 1. The minimum absolute atomic E-state index is 0.0690. The molecule has 0 heterocycles. The van der Waals surface area contributed by atoms with E-state index in [0.717, 1.165) is 64.2 Å². The van der Waals surface area contributed by atoms with Crippen molar-refractivity contribution in [2.75, 3.05) is 6.61 Å². The Hall–Kier alpha value is -2.43. The van der Waals surface area contributed by atoms with Crippen LogP contribution >= 0.6 is 0 Å². The normalized spacial score (nSPS) is 13.3. The van der Waals surface area contributed by atoms with Gasteiger partial charge < -0.3 is 15.5 Å². The first kappa shape index (κ1) is 71.6. The van der Waals surface area contributed by atoms with Crippen LogP contribution in [0.2, 0.25) is 0 Å². The van der Waals surface area contributed by atoms with E-state index in [1.807, 2.05) is 6.08 Å². The molecule has 0 aliphatic rings. The molecule has 0 rings (SSSR count). The molecular formula is C70H127NO3. The molecule has 74 heavy (non-hydrogen) atoms. The van der Waals surface area contributed by atoms with Crippen molar-refractivity contribution in [3.8, 4) is 0 Å². The number of aliphatic hydroxyl groups excluding tert-OH is 2. The summed E-state index contributed by atoms with van der Waals surface area (Å²) in [6.07, 6.45) is 95.1. The Kier molecular flexibility index (Phi) is 62.7. The number of amides is 1. The van der Waals surface area contributed by atoms with Gasteiger partial charge in [-0.05, 0) is 77.0 Å². The van der Waals surface area contributed by atoms with Gasteiger partial charge in [-0.25, -0.2) is 0 Å². The van der Waals surface area contributed by atoms with Gasteiger partial charge in [0.2, 0.25) is 5.91 Å². The molecule has 0 saturated carbocycles. The molecule has 2 unspecified atom stereocenters. The first-order valence-corrected chi connectivity index (χ1v) is 32.8. The standard InChI is InChI=1S/C70H127NO3/c1-3-5-7-9-11-13-15-17-19-21-23-25-26-27-28-29-30-31-32-33-34-35-36-37-38-39-40-41-42-43-44-46-48-50-52-54-56-58-60-62-64-66-70(74)71-68(67-72)69(73)65-63-61-59-57-55-53-51-49-47-45-24-22-20-18-16-14-12-10-8-6-4-2/h5,7,11,13,17,19,23,25,27-28,55,57,63,65,68-69,72-73H,3-4,6,8-10,12,14-16,18,20-22,24,26,29-54,56,58-62,64,66-67H2,1-2H3,(H,71,74)/b7-5-,13-11-,19-17-,25-23-,28-27-,57-55+,65-63+. The fourth-order valence-electron chi connectivity index (χ4n) is 9.93. The van der Waals surface area contributed by atoms with E-state index in [9.17, 15) is 15.0 Å². The quantitative estimate of drug-likeness (QED) is 0.0420. The zero-order chi connectivity index (χ0) is 53.4. The monoisotopic (exact) mass is 1030 g/mol. The molecule has 0 aromatic rings. The molecule has 0 fully saturated rings. The summed E-state index contributed by atoms with van der Waals surface area (Å²) in [7, 11) is 0. The van der Waals surface area contributed by atoms with Crippen LogP contribution in [0.25, 0.3) is 0 Å². The minimum atomic E-state index is -0.864. The first-order valence-electron chi connectivity index (χ1n) is 32.8. The summed E-state index contributed by atoms with van der Waals surface area (Å²) in [5.41, 5.74) is 0. The second-order valence-corrected chi connectivity index (χ2v) is 22.1. The fourth-order valence-corrected chi connectivity index (χ4v) is 9.93. The molecular weight excluding hydrogens is 903 g/mol. The van der Waals surface area contributed by atoms with Crippen LogP contribution in [0.4, 0.5) is 0 Å². The van der Waals surface area contributed by atoms with Crippen LogP contribution in [0.15, 0.2) is 85.1 Å². The second-order valence-electron chi connectivity index (χ2n) is 22.1. The van der Waals surface area contributed by atoms with E-state index in [0.29, 0.717) is 6.42 Å². The summed E-state index contributed by atoms with van der Waals surface area (Å²) in [5, 5.41) is 23.2. The zero-order valence-electron chi connectivity index (χ0n) is 49.6. The average Bonchev–Trinajstić information content (AvgIpc) is 3.40. The molecule has 0 aromatic carbocycles. The Morgan fingerprint density at radius 2 is 0.608 bits per heavy atom. The highest BCUT2D eigenvalue weighted by Gasteiger charge is 2.18. The number of hydrogen-bond acceptors (Lipinski definition) is 3. The number of hydrogen-bond donors (Lipinski definition) is 3. The van der Waals surface area contributed by atoms with Crippen molar-refractivity contribution in [2.24, 2.45) is 0 Å². The second kappa shape index (κ2) is 64.9. The van der Waals surface area contributed by atoms with Gasteiger partial charge in [0.05, 0.1) is 18.8 Å². The summed E-state index contributed by atoms with van der Waals surface area (Å²) < 4.78 is 0. The maximum Gasteiger partial charge on any atom is 0.220 e. The van der Waals surface area contributed by atoms with Crippen LogP contribution in [-0.2, 0) is 4.79 Å². The third-order valence-electron chi connectivity index (χ3n) is 14.9. The molecule has 0 saturated heterocycles. The molecule has 0 spiro atoms. The fraction of sp³-hybridized carbons (Fsp3) is 0.786. The highest BCUT2D eigenvalue weighted by molar-refractivity contribution is 5.76. The first-order chi connectivity index (χ1) is 36.7. The van der Waals surface area contributed by atoms with Crippen molar-refractivity contribution in [1.82, 2.24) is 5.32 Å². The minimum Gasteiger partial charge on any atom is -0.394 e. The van der Waals surface area contributed by atoms with Gasteiger partial charge in [0, 0.05) is 6.42 Å². The van der Waals surface area contributed by atoms with Crippen LogP contribution in [-0.4, -0.2) is 34.9 Å². The third kappa shape index (κ3) is 60.4. The maximum atomic E-state index is 12.5. The van der Waals surface area contributed by atoms with Gasteiger partial charge in [-0.2, -0.15) is 0 Å².